The molecule has 0 saturated carbocycles. The number of nitriles is 1. The molecular weight excluding hydrogens is 154 g/mol. The zero-order valence-electron chi connectivity index (χ0n) is 6.71. The predicted molar refractivity (Wildman–Crippen MR) is 43.5 cm³/mol. The van der Waals surface area contributed by atoms with Crippen molar-refractivity contribution < 1.29 is 4.79 Å². The Labute approximate surface area is 71.0 Å². The van der Waals surface area contributed by atoms with Gasteiger partial charge in [0.1, 0.15) is 5.94 Å². The fourth-order valence-corrected chi connectivity index (χ4v) is 1.38. The highest BCUT2D eigenvalue weighted by atomic mass is 16.1. The number of allylic oxidation sites excluding steroid dienone is 1. The van der Waals surface area contributed by atoms with E-state index in [0.717, 1.165) is 13.0 Å². The van der Waals surface area contributed by atoms with E-state index < -0.39 is 6.04 Å². The molecule has 0 aliphatic carbocycles. The van der Waals surface area contributed by atoms with E-state index in [1.54, 1.807) is 0 Å². The molecule has 1 fully saturated rings. The number of nitrogens with two attached hydrogens (primary N) is 1. The molecule has 0 aromatic carbocycles. The maximum Gasteiger partial charge on any atom is 0.145 e. The Kier molecular flexibility index (Phi) is 2.87. The molecule has 4 nitrogen and oxygen atoms in total. The number of hydrogen-bond acceptors (Lipinski definition) is 4. The summed E-state index contributed by atoms with van der Waals surface area (Å²) >= 11 is 0. The Morgan fingerprint density at radius 2 is 2.58 bits per heavy atom. The fraction of sp³-hybridized carbons (Fsp3) is 0.625. The monoisotopic (exact) mass is 165 g/mol. The van der Waals surface area contributed by atoms with Gasteiger partial charge in [0.25, 0.3) is 0 Å². The van der Waals surface area contributed by atoms with Crippen LogP contribution in [0.2, 0.25) is 0 Å². The van der Waals surface area contributed by atoms with Crippen LogP contribution in [0.1, 0.15) is 12.8 Å². The zero-order valence-corrected chi connectivity index (χ0v) is 6.71. The SMILES string of the molecule is N#C[C@@H](N)C[C@@H]1CCNC1=C=O. The molecule has 1 saturated heterocycles. The first-order valence-electron chi connectivity index (χ1n) is 3.92. The van der Waals surface area contributed by atoms with Gasteiger partial charge in [0, 0.05) is 12.5 Å². The minimum Gasteiger partial charge on any atom is -0.379 e. The van der Waals surface area contributed by atoms with E-state index in [1.807, 2.05) is 12.0 Å². The van der Waals surface area contributed by atoms with Gasteiger partial charge in [-0.05, 0) is 12.8 Å². The Morgan fingerprint density at radius 1 is 1.83 bits per heavy atom. The van der Waals surface area contributed by atoms with Crippen molar-refractivity contribution in [1.29, 1.82) is 5.26 Å². The average molecular weight is 165 g/mol. The van der Waals surface area contributed by atoms with Gasteiger partial charge in [0.2, 0.25) is 0 Å². The first-order chi connectivity index (χ1) is 5.77. The first-order valence-corrected chi connectivity index (χ1v) is 3.92. The van der Waals surface area contributed by atoms with E-state index in [-0.39, 0.29) is 5.92 Å². The Hall–Kier alpha value is -1.30. The van der Waals surface area contributed by atoms with Crippen molar-refractivity contribution in [3.8, 4) is 6.07 Å². The van der Waals surface area contributed by atoms with Crippen molar-refractivity contribution in [2.24, 2.45) is 11.7 Å². The summed E-state index contributed by atoms with van der Waals surface area (Å²) in [6.07, 6.45) is 1.42. The normalized spacial score (nSPS) is 24.0. The quantitative estimate of drug-likeness (QED) is 0.543. The average Bonchev–Trinajstić information content (AvgIpc) is 2.51. The van der Waals surface area contributed by atoms with Gasteiger partial charge in [-0.2, -0.15) is 5.26 Å². The van der Waals surface area contributed by atoms with E-state index >= 15 is 0 Å². The Balaban J connectivity index is 2.53. The molecule has 0 unspecified atom stereocenters. The van der Waals surface area contributed by atoms with Crippen LogP contribution in [0.4, 0.5) is 0 Å². The lowest BCUT2D eigenvalue weighted by Crippen LogP contribution is -2.22. The molecule has 0 aromatic rings. The molecule has 1 rings (SSSR count). The maximum atomic E-state index is 10.3. The molecule has 0 radical (unpaired) electrons. The van der Waals surface area contributed by atoms with Crippen molar-refractivity contribution >= 4 is 5.94 Å². The lowest BCUT2D eigenvalue weighted by molar-refractivity contribution is 0.535. The molecule has 1 aliphatic heterocycles. The zero-order chi connectivity index (χ0) is 8.97. The summed E-state index contributed by atoms with van der Waals surface area (Å²) in [5.74, 6) is 1.94. The molecule has 0 bridgehead atoms. The second-order valence-electron chi connectivity index (χ2n) is 2.90. The van der Waals surface area contributed by atoms with Crippen molar-refractivity contribution in [2.45, 2.75) is 18.9 Å². The molecule has 4 heteroatoms. The lowest BCUT2D eigenvalue weighted by Gasteiger charge is -2.08. The predicted octanol–water partition coefficient (Wildman–Crippen LogP) is -0.448. The number of hydrogen-bond donors (Lipinski definition) is 2. The minimum atomic E-state index is -0.474. The Morgan fingerprint density at radius 3 is 3.17 bits per heavy atom. The van der Waals surface area contributed by atoms with Gasteiger partial charge in [0.15, 0.2) is 0 Å². The van der Waals surface area contributed by atoms with E-state index in [9.17, 15) is 4.79 Å². The summed E-state index contributed by atoms with van der Waals surface area (Å²) in [5.41, 5.74) is 6.01. The molecule has 0 aromatic heterocycles. The van der Waals surface area contributed by atoms with E-state index in [2.05, 4.69) is 5.32 Å². The van der Waals surface area contributed by atoms with Gasteiger partial charge in [-0.3, -0.25) is 0 Å². The van der Waals surface area contributed by atoms with Gasteiger partial charge in [-0.1, -0.05) is 0 Å². The van der Waals surface area contributed by atoms with E-state index in [1.165, 1.54) is 0 Å². The molecule has 3 N–H and O–H groups in total. The van der Waals surface area contributed by atoms with E-state index in [4.69, 9.17) is 11.0 Å². The third kappa shape index (κ3) is 1.85. The number of rotatable bonds is 2. The summed E-state index contributed by atoms with van der Waals surface area (Å²) < 4.78 is 0. The topological polar surface area (TPSA) is 78.9 Å². The smallest absolute Gasteiger partial charge is 0.145 e. The van der Waals surface area contributed by atoms with Crippen LogP contribution in [-0.2, 0) is 4.79 Å². The largest absolute Gasteiger partial charge is 0.379 e. The molecule has 0 spiro atoms. The van der Waals surface area contributed by atoms with Crippen LogP contribution in [0.15, 0.2) is 5.70 Å². The third-order valence-electron chi connectivity index (χ3n) is 2.03. The molecule has 1 aliphatic rings. The van der Waals surface area contributed by atoms with Crippen LogP contribution in [0, 0.1) is 17.2 Å². The standard InChI is InChI=1S/C8H11N3O/c9-4-7(10)3-6-1-2-11-8(6)5-12/h6-7,11H,1-3,10H2/t6-,7-/m0/s1. The van der Waals surface area contributed by atoms with Crippen LogP contribution < -0.4 is 11.1 Å². The molecule has 1 heterocycles. The molecule has 0 amide bonds. The van der Waals surface area contributed by atoms with Gasteiger partial charge >= 0.3 is 0 Å². The summed E-state index contributed by atoms with van der Waals surface area (Å²) in [4.78, 5) is 10.3. The fourth-order valence-electron chi connectivity index (χ4n) is 1.38. The second kappa shape index (κ2) is 3.91. The number of carbonyl (C=O) groups excluding carboxylic acids is 1. The van der Waals surface area contributed by atoms with Gasteiger partial charge in [-0.25, -0.2) is 4.79 Å². The van der Waals surface area contributed by atoms with Crippen LogP contribution in [0.3, 0.4) is 0 Å². The lowest BCUT2D eigenvalue weighted by atomic mass is 9.98. The molecule has 64 valence electrons. The van der Waals surface area contributed by atoms with Crippen LogP contribution in [-0.4, -0.2) is 18.5 Å². The number of nitrogens with zero attached hydrogens (tertiary/aromatic N) is 1. The van der Waals surface area contributed by atoms with Crippen molar-refractivity contribution in [3.63, 3.8) is 0 Å². The van der Waals surface area contributed by atoms with Crippen LogP contribution in [0.5, 0.6) is 0 Å². The summed E-state index contributed by atoms with van der Waals surface area (Å²) in [6, 6.07) is 1.47. The first kappa shape index (κ1) is 8.79. The van der Waals surface area contributed by atoms with Gasteiger partial charge in [0.05, 0.1) is 17.8 Å². The maximum absolute atomic E-state index is 10.3. The van der Waals surface area contributed by atoms with Crippen molar-refractivity contribution in [1.82, 2.24) is 5.32 Å². The highest BCUT2D eigenvalue weighted by molar-refractivity contribution is 5.53. The molecule has 2 atom stereocenters. The summed E-state index contributed by atoms with van der Waals surface area (Å²) in [7, 11) is 0. The van der Waals surface area contributed by atoms with Crippen molar-refractivity contribution in [2.75, 3.05) is 6.54 Å². The summed E-state index contributed by atoms with van der Waals surface area (Å²) in [6.45, 7) is 0.785. The highest BCUT2D eigenvalue weighted by Gasteiger charge is 2.23. The Bertz CT molecular complexity index is 250. The van der Waals surface area contributed by atoms with Gasteiger partial charge in [-0.15, -0.1) is 0 Å². The third-order valence-corrected chi connectivity index (χ3v) is 2.03. The highest BCUT2D eigenvalue weighted by Crippen LogP contribution is 2.21. The van der Waals surface area contributed by atoms with Crippen LogP contribution >= 0.6 is 0 Å². The van der Waals surface area contributed by atoms with Gasteiger partial charge < -0.3 is 11.1 Å². The van der Waals surface area contributed by atoms with Crippen LogP contribution in [0.25, 0.3) is 0 Å². The number of nitrogens with one attached hydrogen (secondary N) is 1. The minimum absolute atomic E-state index is 0.108. The molecule has 12 heavy (non-hydrogen) atoms. The summed E-state index contributed by atoms with van der Waals surface area (Å²) in [5, 5.41) is 11.4. The van der Waals surface area contributed by atoms with Crippen molar-refractivity contribution in [3.05, 3.63) is 5.70 Å². The second-order valence-corrected chi connectivity index (χ2v) is 2.90. The molecular formula is C8H11N3O. The van der Waals surface area contributed by atoms with E-state index in [0.29, 0.717) is 12.1 Å².